The van der Waals surface area contributed by atoms with Crippen molar-refractivity contribution in [3.8, 4) is 0 Å². The second-order valence-electron chi connectivity index (χ2n) is 6.98. The molecule has 6 unspecified atom stereocenters. The molecule has 112 valence electrons. The Morgan fingerprint density at radius 2 is 1.21 bits per heavy atom. The second kappa shape index (κ2) is 7.05. The van der Waals surface area contributed by atoms with Crippen LogP contribution in [0.3, 0.4) is 0 Å². The first kappa shape index (κ1) is 15.3. The lowest BCUT2D eigenvalue weighted by molar-refractivity contribution is -0.0144. The second-order valence-corrected chi connectivity index (χ2v) is 6.98. The minimum atomic E-state index is -0.139. The van der Waals surface area contributed by atoms with Gasteiger partial charge in [0.05, 0.1) is 12.2 Å². The van der Waals surface area contributed by atoms with Gasteiger partial charge in [0, 0.05) is 13.2 Å². The van der Waals surface area contributed by atoms with Gasteiger partial charge in [-0.3, -0.25) is 0 Å². The zero-order chi connectivity index (χ0) is 13.8. The number of ether oxygens (including phenoxy) is 1. The smallest absolute Gasteiger partial charge is 0.0569 e. The lowest BCUT2D eigenvalue weighted by Gasteiger charge is -2.33. The first-order chi connectivity index (χ1) is 9.06. The third-order valence-electron chi connectivity index (χ3n) is 5.23. The van der Waals surface area contributed by atoms with Crippen LogP contribution in [-0.4, -0.2) is 35.6 Å². The van der Waals surface area contributed by atoms with Gasteiger partial charge in [-0.05, 0) is 62.2 Å². The Morgan fingerprint density at radius 1 is 0.789 bits per heavy atom. The summed E-state index contributed by atoms with van der Waals surface area (Å²) < 4.78 is 5.86. The van der Waals surface area contributed by atoms with E-state index < -0.39 is 0 Å². The summed E-state index contributed by atoms with van der Waals surface area (Å²) in [5, 5.41) is 19.7. The Bertz CT molecular complexity index is 243. The van der Waals surface area contributed by atoms with Crippen molar-refractivity contribution in [1.82, 2.24) is 0 Å². The van der Waals surface area contributed by atoms with E-state index in [1.54, 1.807) is 0 Å². The van der Waals surface area contributed by atoms with E-state index in [4.69, 9.17) is 4.74 Å². The highest BCUT2D eigenvalue weighted by Gasteiger charge is 2.28. The highest BCUT2D eigenvalue weighted by Crippen LogP contribution is 2.31. The van der Waals surface area contributed by atoms with Gasteiger partial charge in [-0.2, -0.15) is 0 Å². The molecule has 0 spiro atoms. The van der Waals surface area contributed by atoms with Crippen LogP contribution >= 0.6 is 0 Å². The number of rotatable bonds is 4. The van der Waals surface area contributed by atoms with Crippen molar-refractivity contribution < 1.29 is 14.9 Å². The average molecular weight is 270 g/mol. The van der Waals surface area contributed by atoms with Crippen LogP contribution in [0.15, 0.2) is 0 Å². The third-order valence-corrected chi connectivity index (χ3v) is 5.23. The molecule has 6 atom stereocenters. The van der Waals surface area contributed by atoms with E-state index in [0.717, 1.165) is 38.9 Å². The zero-order valence-corrected chi connectivity index (χ0v) is 12.4. The van der Waals surface area contributed by atoms with Crippen molar-refractivity contribution in [1.29, 1.82) is 0 Å². The third kappa shape index (κ3) is 4.44. The van der Waals surface area contributed by atoms with Crippen LogP contribution in [0.5, 0.6) is 0 Å². The largest absolute Gasteiger partial charge is 0.393 e. The van der Waals surface area contributed by atoms with Crippen LogP contribution in [0.4, 0.5) is 0 Å². The van der Waals surface area contributed by atoms with E-state index >= 15 is 0 Å². The van der Waals surface area contributed by atoms with Gasteiger partial charge in [-0.25, -0.2) is 0 Å². The molecule has 0 saturated heterocycles. The van der Waals surface area contributed by atoms with E-state index in [1.165, 1.54) is 12.8 Å². The summed E-state index contributed by atoms with van der Waals surface area (Å²) in [6.07, 6.45) is 6.12. The molecule has 0 heterocycles. The minimum absolute atomic E-state index is 0.139. The van der Waals surface area contributed by atoms with E-state index in [-0.39, 0.29) is 12.2 Å². The molecule has 2 fully saturated rings. The Hall–Kier alpha value is -0.120. The fraction of sp³-hybridized carbons (Fsp3) is 1.00. The van der Waals surface area contributed by atoms with E-state index in [1.807, 2.05) is 0 Å². The molecule has 3 nitrogen and oxygen atoms in total. The highest BCUT2D eigenvalue weighted by atomic mass is 16.5. The number of hydrogen-bond acceptors (Lipinski definition) is 3. The van der Waals surface area contributed by atoms with Crippen molar-refractivity contribution in [2.24, 2.45) is 23.7 Å². The summed E-state index contributed by atoms with van der Waals surface area (Å²) in [5.74, 6) is 1.95. The normalized spacial score (nSPS) is 44.2. The van der Waals surface area contributed by atoms with Gasteiger partial charge >= 0.3 is 0 Å². The lowest BCUT2D eigenvalue weighted by Crippen LogP contribution is -2.32. The monoisotopic (exact) mass is 270 g/mol. The van der Waals surface area contributed by atoms with Crippen LogP contribution in [-0.2, 0) is 4.74 Å². The van der Waals surface area contributed by atoms with E-state index in [0.29, 0.717) is 23.7 Å². The van der Waals surface area contributed by atoms with Crippen molar-refractivity contribution in [2.45, 2.75) is 64.6 Å². The van der Waals surface area contributed by atoms with E-state index in [2.05, 4.69) is 13.8 Å². The Labute approximate surface area is 117 Å². The van der Waals surface area contributed by atoms with Crippen LogP contribution < -0.4 is 0 Å². The summed E-state index contributed by atoms with van der Waals surface area (Å²) in [4.78, 5) is 0. The lowest BCUT2D eigenvalue weighted by atomic mass is 9.80. The Kier molecular flexibility index (Phi) is 5.67. The Balaban J connectivity index is 1.61. The Morgan fingerprint density at radius 3 is 1.58 bits per heavy atom. The summed E-state index contributed by atoms with van der Waals surface area (Å²) in [6.45, 7) is 5.83. The molecule has 2 aliphatic carbocycles. The maximum Gasteiger partial charge on any atom is 0.0569 e. The highest BCUT2D eigenvalue weighted by molar-refractivity contribution is 4.79. The minimum Gasteiger partial charge on any atom is -0.393 e. The molecule has 2 saturated carbocycles. The fourth-order valence-corrected chi connectivity index (χ4v) is 3.47. The maximum absolute atomic E-state index is 9.87. The zero-order valence-electron chi connectivity index (χ0n) is 12.4. The molecular formula is C16H30O3. The van der Waals surface area contributed by atoms with Crippen molar-refractivity contribution in [3.05, 3.63) is 0 Å². The fourth-order valence-electron chi connectivity index (χ4n) is 3.47. The maximum atomic E-state index is 9.87. The van der Waals surface area contributed by atoms with Crippen molar-refractivity contribution in [3.63, 3.8) is 0 Å². The first-order valence-electron chi connectivity index (χ1n) is 8.00. The molecule has 0 amide bonds. The van der Waals surface area contributed by atoms with Gasteiger partial charge in [0.15, 0.2) is 0 Å². The standard InChI is InChI=1S/C16H30O3/c1-11-3-5-13(7-15(11)17)9-19-10-14-6-4-12(2)16(18)8-14/h11-18H,3-10H2,1-2H3. The number of hydrogen-bond donors (Lipinski definition) is 2. The quantitative estimate of drug-likeness (QED) is 0.825. The summed E-state index contributed by atoms with van der Waals surface area (Å²) >= 11 is 0. The van der Waals surface area contributed by atoms with Crippen molar-refractivity contribution >= 4 is 0 Å². The molecule has 0 radical (unpaired) electrons. The summed E-state index contributed by atoms with van der Waals surface area (Å²) in [7, 11) is 0. The number of aliphatic hydroxyl groups excluding tert-OH is 2. The summed E-state index contributed by atoms with van der Waals surface area (Å²) in [5.41, 5.74) is 0. The average Bonchev–Trinajstić information content (AvgIpc) is 2.38. The van der Waals surface area contributed by atoms with Gasteiger partial charge < -0.3 is 14.9 Å². The predicted molar refractivity (Wildman–Crippen MR) is 75.8 cm³/mol. The summed E-state index contributed by atoms with van der Waals surface area (Å²) in [6, 6.07) is 0. The predicted octanol–water partition coefficient (Wildman–Crippen LogP) is 2.60. The van der Waals surface area contributed by atoms with Crippen LogP contribution in [0.1, 0.15) is 52.4 Å². The van der Waals surface area contributed by atoms with Gasteiger partial charge in [0.25, 0.3) is 0 Å². The molecule has 2 aliphatic rings. The molecular weight excluding hydrogens is 240 g/mol. The molecule has 0 aliphatic heterocycles. The van der Waals surface area contributed by atoms with E-state index in [9.17, 15) is 10.2 Å². The van der Waals surface area contributed by atoms with Crippen LogP contribution in [0.25, 0.3) is 0 Å². The molecule has 2 N–H and O–H groups in total. The molecule has 19 heavy (non-hydrogen) atoms. The van der Waals surface area contributed by atoms with Gasteiger partial charge in [-0.15, -0.1) is 0 Å². The van der Waals surface area contributed by atoms with Gasteiger partial charge in [0.2, 0.25) is 0 Å². The molecule has 0 aromatic carbocycles. The molecule has 3 heteroatoms. The van der Waals surface area contributed by atoms with Crippen LogP contribution in [0, 0.1) is 23.7 Å². The van der Waals surface area contributed by atoms with Crippen molar-refractivity contribution in [2.75, 3.05) is 13.2 Å². The SMILES string of the molecule is CC1CCC(COCC2CCC(C)C(O)C2)CC1O. The topological polar surface area (TPSA) is 49.7 Å². The van der Waals surface area contributed by atoms with Gasteiger partial charge in [-0.1, -0.05) is 13.8 Å². The van der Waals surface area contributed by atoms with Gasteiger partial charge in [0.1, 0.15) is 0 Å². The molecule has 2 rings (SSSR count). The molecule has 0 aromatic heterocycles. The molecule has 0 bridgehead atoms. The first-order valence-corrected chi connectivity index (χ1v) is 8.00. The molecule has 0 aromatic rings. The number of aliphatic hydroxyl groups is 2. The van der Waals surface area contributed by atoms with Crippen LogP contribution in [0.2, 0.25) is 0 Å².